The maximum Gasteiger partial charge on any atom is 0.317 e. The van der Waals surface area contributed by atoms with E-state index in [0.717, 1.165) is 56.3 Å². The van der Waals surface area contributed by atoms with Crippen LogP contribution in [0.3, 0.4) is 0 Å². The number of hydrogen-bond donors (Lipinski definition) is 2. The molecule has 0 unspecified atom stereocenters. The summed E-state index contributed by atoms with van der Waals surface area (Å²) in [7, 11) is 2.08. The molecule has 6 heteroatoms. The van der Waals surface area contributed by atoms with Gasteiger partial charge in [-0.05, 0) is 81.4 Å². The number of urea groups is 1. The zero-order valence-electron chi connectivity index (χ0n) is 20.0. The van der Waals surface area contributed by atoms with Crippen LogP contribution in [-0.4, -0.2) is 66.5 Å². The second-order valence-electron chi connectivity index (χ2n) is 8.87. The summed E-state index contributed by atoms with van der Waals surface area (Å²) in [6.07, 6.45) is 4.81. The highest BCUT2D eigenvalue weighted by atomic mass is 16.3. The first-order valence-corrected chi connectivity index (χ1v) is 12.1. The van der Waals surface area contributed by atoms with Crippen LogP contribution in [0.25, 0.3) is 0 Å². The molecule has 6 nitrogen and oxygen atoms in total. The van der Waals surface area contributed by atoms with Gasteiger partial charge >= 0.3 is 6.03 Å². The number of ketones is 1. The predicted octanol–water partition coefficient (Wildman–Crippen LogP) is 4.05. The molecule has 1 aliphatic rings. The predicted molar refractivity (Wildman–Crippen MR) is 132 cm³/mol. The van der Waals surface area contributed by atoms with Crippen LogP contribution in [0.1, 0.15) is 53.2 Å². The standard InChI is InChI=1S/C27H37N3O3/c1-3-28-27(33)30-18-14-21-11-12-24(20-23(21)15-19-30)26(32)10-6-7-16-29(2)17-13-22-8-4-5-9-25(22)31/h4-5,8-9,11-12,20,31H,3,6-7,10,13-19H2,1-2H3,(H,28,33). The fourth-order valence-electron chi connectivity index (χ4n) is 4.32. The summed E-state index contributed by atoms with van der Waals surface area (Å²) in [5, 5.41) is 12.8. The van der Waals surface area contributed by atoms with E-state index in [2.05, 4.69) is 23.3 Å². The smallest absolute Gasteiger partial charge is 0.317 e. The molecule has 0 aromatic heterocycles. The second-order valence-corrected chi connectivity index (χ2v) is 8.87. The van der Waals surface area contributed by atoms with E-state index >= 15 is 0 Å². The molecule has 0 aliphatic carbocycles. The van der Waals surface area contributed by atoms with Crippen LogP contribution in [0.5, 0.6) is 5.75 Å². The number of hydrogen-bond acceptors (Lipinski definition) is 4. The maximum atomic E-state index is 12.8. The quantitative estimate of drug-likeness (QED) is 0.422. The highest BCUT2D eigenvalue weighted by molar-refractivity contribution is 5.96. The van der Waals surface area contributed by atoms with Crippen LogP contribution in [0.4, 0.5) is 4.79 Å². The van der Waals surface area contributed by atoms with Gasteiger partial charge in [-0.2, -0.15) is 0 Å². The zero-order chi connectivity index (χ0) is 23.6. The topological polar surface area (TPSA) is 72.9 Å². The largest absolute Gasteiger partial charge is 0.508 e. The Morgan fingerprint density at radius 1 is 1.03 bits per heavy atom. The summed E-state index contributed by atoms with van der Waals surface area (Å²) in [5.41, 5.74) is 4.19. The van der Waals surface area contributed by atoms with E-state index in [-0.39, 0.29) is 11.8 Å². The van der Waals surface area contributed by atoms with Gasteiger partial charge in [-0.25, -0.2) is 4.79 Å². The van der Waals surface area contributed by atoms with Crippen LogP contribution in [0.15, 0.2) is 42.5 Å². The number of likely N-dealkylation sites (N-methyl/N-ethyl adjacent to an activating group) is 1. The van der Waals surface area contributed by atoms with Gasteiger partial charge in [-0.15, -0.1) is 0 Å². The molecule has 0 bridgehead atoms. The maximum absolute atomic E-state index is 12.8. The Morgan fingerprint density at radius 3 is 2.55 bits per heavy atom. The molecule has 0 radical (unpaired) electrons. The molecule has 0 spiro atoms. The molecule has 1 heterocycles. The van der Waals surface area contributed by atoms with Crippen LogP contribution in [0.2, 0.25) is 0 Å². The molecular formula is C27H37N3O3. The first-order valence-electron chi connectivity index (χ1n) is 12.1. The summed E-state index contributed by atoms with van der Waals surface area (Å²) in [4.78, 5) is 29.0. The molecule has 33 heavy (non-hydrogen) atoms. The monoisotopic (exact) mass is 451 g/mol. The van der Waals surface area contributed by atoms with Crippen molar-refractivity contribution >= 4 is 11.8 Å². The van der Waals surface area contributed by atoms with Crippen molar-refractivity contribution in [1.82, 2.24) is 15.1 Å². The number of amides is 2. The Bertz CT molecular complexity index is 944. The van der Waals surface area contributed by atoms with E-state index in [1.807, 2.05) is 42.2 Å². The SMILES string of the molecule is CCNC(=O)N1CCc2ccc(C(=O)CCCCN(C)CCc3ccccc3O)cc2CC1. The van der Waals surface area contributed by atoms with Gasteiger partial charge in [0.05, 0.1) is 0 Å². The van der Waals surface area contributed by atoms with Crippen molar-refractivity contribution in [3.8, 4) is 5.75 Å². The fraction of sp³-hybridized carbons (Fsp3) is 0.481. The fourth-order valence-corrected chi connectivity index (χ4v) is 4.32. The molecule has 2 amide bonds. The van der Waals surface area contributed by atoms with E-state index in [4.69, 9.17) is 0 Å². The Labute approximate surface area is 197 Å². The minimum absolute atomic E-state index is 0.00727. The van der Waals surface area contributed by atoms with Gasteiger partial charge in [0.25, 0.3) is 0 Å². The molecule has 3 rings (SSSR count). The van der Waals surface area contributed by atoms with Crippen molar-refractivity contribution in [2.45, 2.75) is 45.4 Å². The number of para-hydroxylation sites is 1. The number of nitrogens with zero attached hydrogens (tertiary/aromatic N) is 2. The molecule has 0 saturated heterocycles. The zero-order valence-corrected chi connectivity index (χ0v) is 20.0. The van der Waals surface area contributed by atoms with Crippen LogP contribution < -0.4 is 5.32 Å². The molecule has 2 aromatic rings. The Kier molecular flexibility index (Phi) is 9.31. The van der Waals surface area contributed by atoms with Crippen molar-refractivity contribution in [3.63, 3.8) is 0 Å². The lowest BCUT2D eigenvalue weighted by molar-refractivity contribution is 0.0978. The number of phenolic OH excluding ortho intramolecular Hbond substituents is 1. The Morgan fingerprint density at radius 2 is 1.79 bits per heavy atom. The van der Waals surface area contributed by atoms with E-state index in [1.54, 1.807) is 6.07 Å². The van der Waals surface area contributed by atoms with Gasteiger partial charge in [0.1, 0.15) is 5.75 Å². The van der Waals surface area contributed by atoms with Gasteiger partial charge in [0, 0.05) is 38.2 Å². The highest BCUT2D eigenvalue weighted by Gasteiger charge is 2.19. The van der Waals surface area contributed by atoms with E-state index in [1.165, 1.54) is 11.1 Å². The van der Waals surface area contributed by atoms with Gasteiger partial charge in [0.2, 0.25) is 0 Å². The third kappa shape index (κ3) is 7.32. The van der Waals surface area contributed by atoms with E-state index < -0.39 is 0 Å². The highest BCUT2D eigenvalue weighted by Crippen LogP contribution is 2.20. The van der Waals surface area contributed by atoms with Crippen molar-refractivity contribution in [2.24, 2.45) is 0 Å². The number of nitrogens with one attached hydrogen (secondary N) is 1. The van der Waals surface area contributed by atoms with E-state index in [0.29, 0.717) is 31.8 Å². The Hall–Kier alpha value is -2.86. The van der Waals surface area contributed by atoms with Crippen molar-refractivity contribution in [1.29, 1.82) is 0 Å². The number of Topliss-reactive ketones (excluding diaryl/α,β-unsaturated/α-hetero) is 1. The molecule has 0 fully saturated rings. The lowest BCUT2D eigenvalue weighted by atomic mass is 9.97. The number of aromatic hydroxyl groups is 1. The summed E-state index contributed by atoms with van der Waals surface area (Å²) >= 11 is 0. The summed E-state index contributed by atoms with van der Waals surface area (Å²) < 4.78 is 0. The summed E-state index contributed by atoms with van der Waals surface area (Å²) in [6, 6.07) is 13.5. The molecule has 1 aliphatic heterocycles. The summed E-state index contributed by atoms with van der Waals surface area (Å²) in [5.74, 6) is 0.550. The van der Waals surface area contributed by atoms with Gasteiger partial charge in [-0.3, -0.25) is 4.79 Å². The van der Waals surface area contributed by atoms with Crippen molar-refractivity contribution < 1.29 is 14.7 Å². The van der Waals surface area contributed by atoms with Crippen molar-refractivity contribution in [3.05, 3.63) is 64.7 Å². The van der Waals surface area contributed by atoms with Crippen LogP contribution >= 0.6 is 0 Å². The second kappa shape index (κ2) is 12.4. The third-order valence-electron chi connectivity index (χ3n) is 6.39. The number of phenols is 1. The minimum atomic E-state index is -0.00727. The molecular weight excluding hydrogens is 414 g/mol. The average molecular weight is 452 g/mol. The molecule has 2 N–H and O–H groups in total. The number of benzene rings is 2. The van der Waals surface area contributed by atoms with Crippen LogP contribution in [0, 0.1) is 0 Å². The first kappa shape index (κ1) is 24.8. The number of unbranched alkanes of at least 4 members (excludes halogenated alkanes) is 1. The number of carbonyl (C=O) groups is 2. The van der Waals surface area contributed by atoms with Crippen LogP contribution in [-0.2, 0) is 19.3 Å². The number of fused-ring (bicyclic) bond motifs is 1. The molecule has 2 aromatic carbocycles. The lowest BCUT2D eigenvalue weighted by Gasteiger charge is -2.20. The number of carbonyl (C=O) groups excluding carboxylic acids is 2. The van der Waals surface area contributed by atoms with Gasteiger partial charge < -0.3 is 20.2 Å². The first-order chi connectivity index (χ1) is 16.0. The van der Waals surface area contributed by atoms with Gasteiger partial charge in [0.15, 0.2) is 5.78 Å². The van der Waals surface area contributed by atoms with Gasteiger partial charge in [-0.1, -0.05) is 30.3 Å². The Balaban J connectivity index is 1.41. The van der Waals surface area contributed by atoms with E-state index in [9.17, 15) is 14.7 Å². The lowest BCUT2D eigenvalue weighted by Crippen LogP contribution is -2.41. The van der Waals surface area contributed by atoms with Crippen molar-refractivity contribution in [2.75, 3.05) is 39.8 Å². The minimum Gasteiger partial charge on any atom is -0.508 e. The summed E-state index contributed by atoms with van der Waals surface area (Å²) in [6.45, 7) is 5.77. The molecule has 178 valence electrons. The normalized spacial score (nSPS) is 13.5. The molecule has 0 saturated carbocycles. The third-order valence-corrected chi connectivity index (χ3v) is 6.39. The molecule has 0 atom stereocenters. The number of rotatable bonds is 10. The average Bonchev–Trinajstić information content (AvgIpc) is 3.03.